The molecule has 1 fully saturated rings. The van der Waals surface area contributed by atoms with E-state index in [0.717, 1.165) is 0 Å². The van der Waals surface area contributed by atoms with Crippen LogP contribution < -0.4 is 11.1 Å². The molecule has 1 aliphatic rings. The van der Waals surface area contributed by atoms with Gasteiger partial charge in [-0.3, -0.25) is 4.90 Å². The number of hydrogen-bond donors (Lipinski definition) is 3. The lowest BCUT2D eigenvalue weighted by molar-refractivity contribution is 0.0698. The molecule has 1 aromatic carbocycles. The number of nitrogens with zero attached hydrogens (tertiary/aromatic N) is 1. The first kappa shape index (κ1) is 13.7. The SMILES string of the molecule is CC(CNc1c(N)cccc1C(=O)O)N(C)C1CC1. The average molecular weight is 263 g/mol. The molecule has 0 aromatic heterocycles. The van der Waals surface area contributed by atoms with E-state index in [1.165, 1.54) is 12.8 Å². The number of nitrogen functional groups attached to an aromatic ring is 1. The molecule has 1 aliphatic carbocycles. The largest absolute Gasteiger partial charge is 0.478 e. The zero-order chi connectivity index (χ0) is 14.0. The molecule has 0 heterocycles. The topological polar surface area (TPSA) is 78.6 Å². The first-order valence-corrected chi connectivity index (χ1v) is 6.58. The Kier molecular flexibility index (Phi) is 3.95. The average Bonchev–Trinajstić information content (AvgIpc) is 3.19. The molecule has 0 bridgehead atoms. The molecule has 1 saturated carbocycles. The van der Waals surface area contributed by atoms with Crippen molar-refractivity contribution >= 4 is 17.3 Å². The summed E-state index contributed by atoms with van der Waals surface area (Å²) in [5.74, 6) is -0.960. The van der Waals surface area contributed by atoms with Crippen molar-refractivity contribution in [2.24, 2.45) is 0 Å². The lowest BCUT2D eigenvalue weighted by Crippen LogP contribution is -2.36. The van der Waals surface area contributed by atoms with E-state index in [4.69, 9.17) is 10.8 Å². The van der Waals surface area contributed by atoms with Gasteiger partial charge < -0.3 is 16.2 Å². The maximum atomic E-state index is 11.2. The Balaban J connectivity index is 2.04. The van der Waals surface area contributed by atoms with Gasteiger partial charge in [-0.15, -0.1) is 0 Å². The van der Waals surface area contributed by atoms with Crippen LogP contribution in [0.25, 0.3) is 0 Å². The Morgan fingerprint density at radius 2 is 2.26 bits per heavy atom. The molecule has 5 heteroatoms. The number of nitrogens with two attached hydrogens (primary N) is 1. The second-order valence-electron chi connectivity index (χ2n) is 5.20. The van der Waals surface area contributed by atoms with Crippen molar-refractivity contribution in [3.8, 4) is 0 Å². The second kappa shape index (κ2) is 5.48. The van der Waals surface area contributed by atoms with E-state index >= 15 is 0 Å². The standard InChI is InChI=1S/C14H21N3O2/c1-9(17(2)10-6-7-10)8-16-13-11(14(18)19)4-3-5-12(13)15/h3-5,9-10,16H,6-8,15H2,1-2H3,(H,18,19). The number of likely N-dealkylation sites (N-methyl/N-ethyl adjacent to an activating group) is 1. The molecule has 0 radical (unpaired) electrons. The summed E-state index contributed by atoms with van der Waals surface area (Å²) in [6.45, 7) is 2.81. The van der Waals surface area contributed by atoms with E-state index in [1.807, 2.05) is 0 Å². The summed E-state index contributed by atoms with van der Waals surface area (Å²) in [7, 11) is 2.11. The highest BCUT2D eigenvalue weighted by molar-refractivity contribution is 5.97. The fourth-order valence-corrected chi connectivity index (χ4v) is 2.18. The van der Waals surface area contributed by atoms with E-state index in [9.17, 15) is 4.79 Å². The van der Waals surface area contributed by atoms with Crippen molar-refractivity contribution in [2.75, 3.05) is 24.6 Å². The van der Waals surface area contributed by atoms with E-state index < -0.39 is 5.97 Å². The van der Waals surface area contributed by atoms with Crippen LogP contribution in [0.2, 0.25) is 0 Å². The van der Waals surface area contributed by atoms with Crippen LogP contribution in [0.5, 0.6) is 0 Å². The van der Waals surface area contributed by atoms with Gasteiger partial charge in [0.15, 0.2) is 0 Å². The molecular weight excluding hydrogens is 242 g/mol. The number of benzene rings is 1. The summed E-state index contributed by atoms with van der Waals surface area (Å²) >= 11 is 0. The van der Waals surface area contributed by atoms with Crippen molar-refractivity contribution in [3.05, 3.63) is 23.8 Å². The van der Waals surface area contributed by atoms with Crippen LogP contribution in [0.4, 0.5) is 11.4 Å². The van der Waals surface area contributed by atoms with Crippen molar-refractivity contribution < 1.29 is 9.90 Å². The van der Waals surface area contributed by atoms with Gasteiger partial charge in [0.2, 0.25) is 0 Å². The van der Waals surface area contributed by atoms with Gasteiger partial charge >= 0.3 is 5.97 Å². The summed E-state index contributed by atoms with van der Waals surface area (Å²) in [6.07, 6.45) is 2.52. The normalized spacial score (nSPS) is 16.4. The van der Waals surface area contributed by atoms with Gasteiger partial charge in [-0.2, -0.15) is 0 Å². The van der Waals surface area contributed by atoms with Gasteiger partial charge in [-0.05, 0) is 38.9 Å². The second-order valence-corrected chi connectivity index (χ2v) is 5.20. The highest BCUT2D eigenvalue weighted by atomic mass is 16.4. The Labute approximate surface area is 113 Å². The van der Waals surface area contributed by atoms with Crippen LogP contribution in [0.15, 0.2) is 18.2 Å². The minimum atomic E-state index is -0.960. The van der Waals surface area contributed by atoms with Gasteiger partial charge in [0.05, 0.1) is 16.9 Å². The number of anilines is 2. The van der Waals surface area contributed by atoms with Crippen molar-refractivity contribution in [1.29, 1.82) is 0 Å². The van der Waals surface area contributed by atoms with E-state index in [0.29, 0.717) is 30.0 Å². The zero-order valence-electron chi connectivity index (χ0n) is 11.4. The number of rotatable bonds is 6. The molecule has 4 N–H and O–H groups in total. The number of aromatic carboxylic acids is 1. The van der Waals surface area contributed by atoms with Gasteiger partial charge in [-0.1, -0.05) is 6.07 Å². The van der Waals surface area contributed by atoms with Gasteiger partial charge in [0.25, 0.3) is 0 Å². The molecule has 0 amide bonds. The third-order valence-corrected chi connectivity index (χ3v) is 3.72. The number of nitrogens with one attached hydrogen (secondary N) is 1. The predicted octanol–water partition coefficient (Wildman–Crippen LogP) is 1.86. The number of hydrogen-bond acceptors (Lipinski definition) is 4. The minimum absolute atomic E-state index is 0.223. The van der Waals surface area contributed by atoms with E-state index in [1.54, 1.807) is 18.2 Å². The molecule has 1 atom stereocenters. The van der Waals surface area contributed by atoms with Crippen molar-refractivity contribution in [1.82, 2.24) is 4.90 Å². The molecule has 2 rings (SSSR count). The Hall–Kier alpha value is -1.75. The van der Waals surface area contributed by atoms with Crippen molar-refractivity contribution in [2.45, 2.75) is 31.8 Å². The summed E-state index contributed by atoms with van der Waals surface area (Å²) in [5, 5.41) is 12.3. The number of carboxylic acids is 1. The Morgan fingerprint density at radius 1 is 1.58 bits per heavy atom. The van der Waals surface area contributed by atoms with Crippen LogP contribution in [0.1, 0.15) is 30.1 Å². The van der Waals surface area contributed by atoms with E-state index in [-0.39, 0.29) is 5.56 Å². The number of carbonyl (C=O) groups is 1. The van der Waals surface area contributed by atoms with Gasteiger partial charge in [-0.25, -0.2) is 4.79 Å². The molecule has 1 aromatic rings. The minimum Gasteiger partial charge on any atom is -0.478 e. The van der Waals surface area contributed by atoms with Crippen LogP contribution >= 0.6 is 0 Å². The summed E-state index contributed by atoms with van der Waals surface area (Å²) in [4.78, 5) is 13.5. The zero-order valence-corrected chi connectivity index (χ0v) is 11.4. The van der Waals surface area contributed by atoms with Gasteiger partial charge in [0.1, 0.15) is 0 Å². The predicted molar refractivity (Wildman–Crippen MR) is 76.6 cm³/mol. The fourth-order valence-electron chi connectivity index (χ4n) is 2.18. The molecule has 0 aliphatic heterocycles. The summed E-state index contributed by atoms with van der Waals surface area (Å²) in [6, 6.07) is 5.96. The van der Waals surface area contributed by atoms with E-state index in [2.05, 4.69) is 24.2 Å². The smallest absolute Gasteiger partial charge is 0.337 e. The Morgan fingerprint density at radius 3 is 2.84 bits per heavy atom. The summed E-state index contributed by atoms with van der Waals surface area (Å²) < 4.78 is 0. The monoisotopic (exact) mass is 263 g/mol. The maximum Gasteiger partial charge on any atom is 0.337 e. The number of para-hydroxylation sites is 1. The highest BCUT2D eigenvalue weighted by Gasteiger charge is 2.29. The lowest BCUT2D eigenvalue weighted by Gasteiger charge is -2.25. The number of carboxylic acid groups (broad SMARTS) is 1. The molecule has 104 valence electrons. The first-order valence-electron chi connectivity index (χ1n) is 6.58. The fraction of sp³-hybridized carbons (Fsp3) is 0.500. The van der Waals surface area contributed by atoms with Crippen LogP contribution in [-0.4, -0.2) is 41.7 Å². The third kappa shape index (κ3) is 3.17. The highest BCUT2D eigenvalue weighted by Crippen LogP contribution is 2.28. The molecule has 19 heavy (non-hydrogen) atoms. The summed E-state index contributed by atoms with van der Waals surface area (Å²) in [5.41, 5.74) is 7.07. The molecule has 1 unspecified atom stereocenters. The molecular formula is C14H21N3O2. The van der Waals surface area contributed by atoms with Crippen LogP contribution in [-0.2, 0) is 0 Å². The van der Waals surface area contributed by atoms with Gasteiger partial charge in [0, 0.05) is 18.6 Å². The van der Waals surface area contributed by atoms with Crippen LogP contribution in [0.3, 0.4) is 0 Å². The Bertz CT molecular complexity index is 472. The molecule has 5 nitrogen and oxygen atoms in total. The molecule has 0 saturated heterocycles. The first-order chi connectivity index (χ1) is 9.00. The molecule has 0 spiro atoms. The van der Waals surface area contributed by atoms with Crippen molar-refractivity contribution in [3.63, 3.8) is 0 Å². The third-order valence-electron chi connectivity index (χ3n) is 3.72. The quantitative estimate of drug-likeness (QED) is 0.683. The maximum absolute atomic E-state index is 11.2. The van der Waals surface area contributed by atoms with Crippen LogP contribution in [0, 0.1) is 0 Å². The lowest BCUT2D eigenvalue weighted by atomic mass is 10.1.